The third-order valence-electron chi connectivity index (χ3n) is 7.74. The molecule has 0 aliphatic rings. The molecule has 0 atom stereocenters. The molecule has 7 aromatic rings. The average molecular weight is 605 g/mol. The minimum atomic E-state index is -5.06. The van der Waals surface area contributed by atoms with Crippen molar-refractivity contribution in [2.75, 3.05) is 11.5 Å². The molecular formula is C28H16N2O10S2. The van der Waals surface area contributed by atoms with E-state index in [0.29, 0.717) is 0 Å². The summed E-state index contributed by atoms with van der Waals surface area (Å²) in [7, 11) is -10.1. The molecule has 0 aliphatic carbocycles. The highest BCUT2D eigenvalue weighted by molar-refractivity contribution is 7.86. The van der Waals surface area contributed by atoms with E-state index >= 15 is 0 Å². The van der Waals surface area contributed by atoms with E-state index in [1.165, 1.54) is 24.3 Å². The highest BCUT2D eigenvalue weighted by atomic mass is 32.2. The molecule has 7 rings (SSSR count). The van der Waals surface area contributed by atoms with E-state index in [2.05, 4.69) is 0 Å². The standard InChI is InChI=1S/C28H16N2O10S2/c29-25-17(41(35,36)37)7-13-14-8-18(42(38,39)40)26(30)24-22(14)20(12-4-2-10(32)6-16(12)28(24)34)19-11-3-1-9(31)5-15(11)27(33)23(25)21(13)19/h1-8,31-32H,29-30H2,(H,35,36,37)(H,38,39,40). The summed E-state index contributed by atoms with van der Waals surface area (Å²) in [6, 6.07) is 9.75. The van der Waals surface area contributed by atoms with Crippen LogP contribution in [0.25, 0.3) is 64.6 Å². The molecule has 0 saturated heterocycles. The van der Waals surface area contributed by atoms with Crippen molar-refractivity contribution < 1.29 is 36.2 Å². The minimum absolute atomic E-state index is 0.0657. The summed E-state index contributed by atoms with van der Waals surface area (Å²) in [4.78, 5) is 26.0. The Kier molecular flexibility index (Phi) is 4.83. The van der Waals surface area contributed by atoms with E-state index < -0.39 is 52.3 Å². The van der Waals surface area contributed by atoms with E-state index in [1.54, 1.807) is 0 Å². The number of fused-ring (bicyclic) bond motifs is 6. The van der Waals surface area contributed by atoms with E-state index in [4.69, 9.17) is 11.5 Å². The molecule has 14 heteroatoms. The lowest BCUT2D eigenvalue weighted by atomic mass is 9.84. The summed E-state index contributed by atoms with van der Waals surface area (Å²) < 4.78 is 69.8. The molecule has 0 amide bonds. The smallest absolute Gasteiger partial charge is 0.296 e. The van der Waals surface area contributed by atoms with Gasteiger partial charge in [0.1, 0.15) is 21.3 Å². The van der Waals surface area contributed by atoms with Crippen molar-refractivity contribution in [1.29, 1.82) is 0 Å². The number of phenolic OH excluding ortho intramolecular Hbond substituents is 2. The van der Waals surface area contributed by atoms with Gasteiger partial charge in [0.2, 0.25) is 0 Å². The summed E-state index contributed by atoms with van der Waals surface area (Å²) >= 11 is 0. The van der Waals surface area contributed by atoms with Gasteiger partial charge in [0.05, 0.1) is 22.1 Å². The van der Waals surface area contributed by atoms with Crippen LogP contribution in [0.1, 0.15) is 0 Å². The van der Waals surface area contributed by atoms with Crippen molar-refractivity contribution in [3.63, 3.8) is 0 Å². The second-order valence-corrected chi connectivity index (χ2v) is 12.8. The van der Waals surface area contributed by atoms with Crippen LogP contribution in [0.5, 0.6) is 11.5 Å². The number of aromatic hydroxyl groups is 2. The molecule has 210 valence electrons. The van der Waals surface area contributed by atoms with Crippen LogP contribution in [0.3, 0.4) is 0 Å². The lowest BCUT2D eigenvalue weighted by Gasteiger charge is -2.21. The number of phenols is 2. The van der Waals surface area contributed by atoms with Gasteiger partial charge in [0.15, 0.2) is 10.9 Å². The van der Waals surface area contributed by atoms with E-state index in [-0.39, 0.29) is 76.1 Å². The molecule has 0 aliphatic heterocycles. The maximum absolute atomic E-state index is 13.9. The Morgan fingerprint density at radius 3 is 1.14 bits per heavy atom. The molecule has 0 fully saturated rings. The monoisotopic (exact) mass is 604 g/mol. The number of hydrogen-bond acceptors (Lipinski definition) is 10. The van der Waals surface area contributed by atoms with Gasteiger partial charge < -0.3 is 21.7 Å². The van der Waals surface area contributed by atoms with Crippen molar-refractivity contribution in [3.05, 3.63) is 69.0 Å². The number of anilines is 2. The van der Waals surface area contributed by atoms with Crippen molar-refractivity contribution in [3.8, 4) is 11.5 Å². The Labute approximate surface area is 233 Å². The van der Waals surface area contributed by atoms with Crippen molar-refractivity contribution in [2.45, 2.75) is 9.79 Å². The Morgan fingerprint density at radius 1 is 0.476 bits per heavy atom. The third-order valence-corrected chi connectivity index (χ3v) is 9.53. The lowest BCUT2D eigenvalue weighted by molar-refractivity contribution is 0.475. The molecule has 0 heterocycles. The van der Waals surface area contributed by atoms with Gasteiger partial charge in [0, 0.05) is 21.5 Å². The van der Waals surface area contributed by atoms with Gasteiger partial charge in [-0.3, -0.25) is 18.7 Å². The second-order valence-electron chi connectivity index (χ2n) is 9.99. The molecule has 0 saturated carbocycles. The minimum Gasteiger partial charge on any atom is -0.508 e. The van der Waals surface area contributed by atoms with Crippen LogP contribution in [0.4, 0.5) is 11.4 Å². The summed E-state index contributed by atoms with van der Waals surface area (Å²) in [5.41, 5.74) is 9.63. The first-order valence-corrected chi connectivity index (χ1v) is 14.9. The van der Waals surface area contributed by atoms with Crippen LogP contribution in [-0.4, -0.2) is 36.2 Å². The Balaban J connectivity index is 2.05. The fourth-order valence-corrected chi connectivity index (χ4v) is 7.42. The maximum atomic E-state index is 13.9. The highest BCUT2D eigenvalue weighted by Crippen LogP contribution is 2.49. The van der Waals surface area contributed by atoms with Crippen LogP contribution < -0.4 is 22.3 Å². The van der Waals surface area contributed by atoms with Crippen molar-refractivity contribution >= 4 is 96.2 Å². The van der Waals surface area contributed by atoms with Crippen LogP contribution in [-0.2, 0) is 20.2 Å². The van der Waals surface area contributed by atoms with Gasteiger partial charge in [-0.1, -0.05) is 0 Å². The van der Waals surface area contributed by atoms with Gasteiger partial charge in [0.25, 0.3) is 20.2 Å². The highest BCUT2D eigenvalue weighted by Gasteiger charge is 2.30. The molecule has 0 aromatic heterocycles. The summed E-state index contributed by atoms with van der Waals surface area (Å²) in [6.07, 6.45) is 0. The SMILES string of the molecule is Nc1c(S(=O)(=O)O)cc2c3cc(S(=O)(=O)O)c(N)c4c(=O)c5cc(O)ccc5c(c43)c3c4ccc(O)cc4c(=O)c1c23. The van der Waals surface area contributed by atoms with Gasteiger partial charge in [-0.2, -0.15) is 16.8 Å². The maximum Gasteiger partial charge on any atom is 0.296 e. The Hall–Kier alpha value is -5.02. The van der Waals surface area contributed by atoms with E-state index in [9.17, 15) is 45.7 Å². The number of benzene rings is 7. The first kappa shape index (κ1) is 25.9. The summed E-state index contributed by atoms with van der Waals surface area (Å²) in [5, 5.41) is 20.7. The Morgan fingerprint density at radius 2 is 0.810 bits per heavy atom. The topological polar surface area (TPSA) is 235 Å². The molecule has 0 spiro atoms. The van der Waals surface area contributed by atoms with Crippen LogP contribution in [0, 0.1) is 0 Å². The zero-order chi connectivity index (χ0) is 30.2. The predicted molar refractivity (Wildman–Crippen MR) is 158 cm³/mol. The van der Waals surface area contributed by atoms with E-state index in [1.807, 2.05) is 0 Å². The van der Waals surface area contributed by atoms with Crippen LogP contribution in [0.15, 0.2) is 67.9 Å². The molecule has 42 heavy (non-hydrogen) atoms. The molecule has 8 N–H and O–H groups in total. The molecule has 0 bridgehead atoms. The lowest BCUT2D eigenvalue weighted by Crippen LogP contribution is -2.13. The average Bonchev–Trinajstić information content (AvgIpc) is 2.89. The van der Waals surface area contributed by atoms with E-state index in [0.717, 1.165) is 24.3 Å². The van der Waals surface area contributed by atoms with Gasteiger partial charge in [-0.15, -0.1) is 0 Å². The fraction of sp³-hybridized carbons (Fsp3) is 0. The van der Waals surface area contributed by atoms with Gasteiger partial charge in [-0.25, -0.2) is 0 Å². The molecule has 0 unspecified atom stereocenters. The second kappa shape index (κ2) is 7.83. The first-order chi connectivity index (χ1) is 19.6. The largest absolute Gasteiger partial charge is 0.508 e. The first-order valence-electron chi connectivity index (χ1n) is 12.0. The van der Waals surface area contributed by atoms with Crippen LogP contribution in [0.2, 0.25) is 0 Å². The van der Waals surface area contributed by atoms with Crippen molar-refractivity contribution in [2.24, 2.45) is 0 Å². The van der Waals surface area contributed by atoms with Gasteiger partial charge in [-0.05, 0) is 80.8 Å². The summed E-state index contributed by atoms with van der Waals surface area (Å²) in [6.45, 7) is 0. The zero-order valence-electron chi connectivity index (χ0n) is 20.8. The van der Waals surface area contributed by atoms with Crippen molar-refractivity contribution in [1.82, 2.24) is 0 Å². The van der Waals surface area contributed by atoms with Gasteiger partial charge >= 0.3 is 0 Å². The normalized spacial score (nSPS) is 13.0. The molecule has 0 radical (unpaired) electrons. The molecule has 12 nitrogen and oxygen atoms in total. The third kappa shape index (κ3) is 3.16. The fourth-order valence-electron chi connectivity index (χ4n) is 6.12. The molecule has 7 aromatic carbocycles. The predicted octanol–water partition coefficient (Wildman–Crippen LogP) is 3.27. The number of nitrogen functional groups attached to an aromatic ring is 2. The summed E-state index contributed by atoms with van der Waals surface area (Å²) in [5.74, 6) is -0.576. The quantitative estimate of drug-likeness (QED) is 0.0722. The molecular weight excluding hydrogens is 588 g/mol. The Bertz CT molecular complexity index is 2570. The number of nitrogens with two attached hydrogens (primary N) is 2. The van der Waals surface area contributed by atoms with Crippen LogP contribution >= 0.6 is 0 Å². The zero-order valence-corrected chi connectivity index (χ0v) is 22.5. The number of rotatable bonds is 2. The number of hydrogen-bond donors (Lipinski definition) is 6.